The average molecular weight is 685 g/mol. The Bertz CT molecular complexity index is 1480. The molecule has 12 heteroatoms. The largest absolute Gasteiger partial charge is 0.458 e. The van der Waals surface area contributed by atoms with Gasteiger partial charge >= 0.3 is 35.8 Å². The first-order valence-corrected chi connectivity index (χ1v) is 16.3. The van der Waals surface area contributed by atoms with E-state index in [-0.39, 0.29) is 6.42 Å². The molecule has 12 nitrogen and oxygen atoms in total. The van der Waals surface area contributed by atoms with Crippen LogP contribution in [0.25, 0.3) is 0 Å². The molecule has 49 heavy (non-hydrogen) atoms. The average Bonchev–Trinajstić information content (AvgIpc) is 3.23. The number of carbonyl (C=O) groups excluding carboxylic acids is 6. The fourth-order valence-electron chi connectivity index (χ4n) is 7.02. The highest BCUT2D eigenvalue weighted by Crippen LogP contribution is 2.51. The second-order valence-electron chi connectivity index (χ2n) is 13.6. The van der Waals surface area contributed by atoms with Gasteiger partial charge in [-0.05, 0) is 37.0 Å². The number of hydrogen-bond donors (Lipinski definition) is 0. The quantitative estimate of drug-likeness (QED) is 0.214. The maximum Gasteiger partial charge on any atom is 0.338 e. The first-order chi connectivity index (χ1) is 22.8. The lowest BCUT2D eigenvalue weighted by Gasteiger charge is -2.44. The molecule has 0 bridgehead atoms. The monoisotopic (exact) mass is 684 g/mol. The van der Waals surface area contributed by atoms with Crippen LogP contribution in [0, 0.1) is 23.2 Å². The van der Waals surface area contributed by atoms with Gasteiger partial charge in [0.15, 0.2) is 23.9 Å². The SMILES string of the molecule is CC(=O)O[C@@H]1[C@@H](OC(C)=O)C(C)(C)/C=C/[C@H](C)[C@H](OC(C)=O)[C@@]2(OC(C)=O)C[C@@H](C)[C@H](OC(=O)c3ccccc3)[C@@H]2/C=C(\C)[C@@H]1OC(C)=O. The predicted molar refractivity (Wildman–Crippen MR) is 175 cm³/mol. The fraction of sp³-hybridized carbons (Fsp3) is 0.568. The van der Waals surface area contributed by atoms with E-state index in [1.807, 2.05) is 6.92 Å². The third-order valence-electron chi connectivity index (χ3n) is 8.90. The van der Waals surface area contributed by atoms with Crippen LogP contribution < -0.4 is 0 Å². The Morgan fingerprint density at radius 2 is 1.24 bits per heavy atom. The maximum atomic E-state index is 13.5. The van der Waals surface area contributed by atoms with Crippen molar-refractivity contribution in [3.8, 4) is 0 Å². The number of ether oxygens (including phenoxy) is 6. The van der Waals surface area contributed by atoms with Crippen LogP contribution in [0.3, 0.4) is 0 Å². The number of hydrogen-bond acceptors (Lipinski definition) is 12. The van der Waals surface area contributed by atoms with Crippen LogP contribution >= 0.6 is 0 Å². The molecule has 268 valence electrons. The Morgan fingerprint density at radius 3 is 1.78 bits per heavy atom. The van der Waals surface area contributed by atoms with Gasteiger partial charge in [-0.2, -0.15) is 0 Å². The van der Waals surface area contributed by atoms with Gasteiger partial charge in [0, 0.05) is 46.0 Å². The summed E-state index contributed by atoms with van der Waals surface area (Å²) in [6.07, 6.45) is -0.641. The Labute approximate surface area is 287 Å². The van der Waals surface area contributed by atoms with E-state index in [1.54, 1.807) is 76.3 Å². The van der Waals surface area contributed by atoms with Crippen LogP contribution in [0.15, 0.2) is 54.1 Å². The molecule has 0 N–H and O–H groups in total. The Balaban J connectivity index is 2.43. The van der Waals surface area contributed by atoms with E-state index in [1.165, 1.54) is 34.6 Å². The molecular weight excluding hydrogens is 636 g/mol. The van der Waals surface area contributed by atoms with E-state index in [0.717, 1.165) is 0 Å². The minimum atomic E-state index is -1.58. The molecule has 0 heterocycles. The number of fused-ring (bicyclic) bond motifs is 1. The van der Waals surface area contributed by atoms with Crippen molar-refractivity contribution in [2.75, 3.05) is 0 Å². The number of benzene rings is 1. The van der Waals surface area contributed by atoms with Crippen molar-refractivity contribution >= 4 is 35.8 Å². The van der Waals surface area contributed by atoms with Crippen molar-refractivity contribution in [2.24, 2.45) is 23.2 Å². The molecule has 0 saturated heterocycles. The lowest BCUT2D eigenvalue weighted by Crippen LogP contribution is -2.56. The molecule has 2 aliphatic carbocycles. The van der Waals surface area contributed by atoms with Crippen molar-refractivity contribution < 1.29 is 57.2 Å². The summed E-state index contributed by atoms with van der Waals surface area (Å²) in [7, 11) is 0. The zero-order valence-electron chi connectivity index (χ0n) is 29.8. The summed E-state index contributed by atoms with van der Waals surface area (Å²) in [5.74, 6) is -6.08. The molecule has 0 spiro atoms. The second kappa shape index (κ2) is 15.8. The van der Waals surface area contributed by atoms with E-state index in [4.69, 9.17) is 28.4 Å². The van der Waals surface area contributed by atoms with E-state index >= 15 is 0 Å². The van der Waals surface area contributed by atoms with Crippen molar-refractivity contribution in [3.05, 3.63) is 59.7 Å². The van der Waals surface area contributed by atoms with Gasteiger partial charge in [-0.1, -0.05) is 64.1 Å². The predicted octanol–water partition coefficient (Wildman–Crippen LogP) is 5.08. The number of esters is 6. The Hall–Kier alpha value is -4.48. The molecule has 1 saturated carbocycles. The standard InChI is InChI=1S/C37H48O12/c1-20-16-17-36(9,10)34(47-26(7)41)32(45-24(5)39)31(44-23(4)38)21(2)18-29-30(48-35(43)28-14-12-11-13-15-28)22(3)19-37(29,49-27(8)42)33(20)46-25(6)40/h11-18,20,22,29-34H,19H2,1-10H3/b17-16+,21-18+/t20-,22+,29-,30-,31-,32-,33-,34+,37+/m0/s1. The molecule has 3 rings (SSSR count). The number of carbonyl (C=O) groups is 6. The van der Waals surface area contributed by atoms with Gasteiger partial charge in [-0.15, -0.1) is 0 Å². The van der Waals surface area contributed by atoms with Gasteiger partial charge in [0.25, 0.3) is 0 Å². The van der Waals surface area contributed by atoms with E-state index in [2.05, 4.69) is 0 Å². The zero-order valence-corrected chi connectivity index (χ0v) is 29.8. The van der Waals surface area contributed by atoms with Crippen LogP contribution in [0.2, 0.25) is 0 Å². The minimum Gasteiger partial charge on any atom is -0.458 e. The zero-order chi connectivity index (χ0) is 36.8. The molecule has 1 fully saturated rings. The lowest BCUT2D eigenvalue weighted by atomic mass is 9.74. The first kappa shape index (κ1) is 39.0. The molecule has 9 atom stereocenters. The summed E-state index contributed by atoms with van der Waals surface area (Å²) in [5, 5.41) is 0. The molecule has 0 aliphatic heterocycles. The van der Waals surface area contributed by atoms with E-state index in [9.17, 15) is 28.8 Å². The van der Waals surface area contributed by atoms with E-state index in [0.29, 0.717) is 11.1 Å². The summed E-state index contributed by atoms with van der Waals surface area (Å²) < 4.78 is 35.8. The van der Waals surface area contributed by atoms with Crippen molar-refractivity contribution in [3.63, 3.8) is 0 Å². The molecule has 0 amide bonds. The summed E-state index contributed by atoms with van der Waals surface area (Å²) in [5.41, 5.74) is -2.05. The second-order valence-corrected chi connectivity index (χ2v) is 13.6. The third kappa shape index (κ3) is 9.36. The van der Waals surface area contributed by atoms with Crippen LogP contribution in [-0.2, 0) is 52.4 Å². The molecule has 0 unspecified atom stereocenters. The van der Waals surface area contributed by atoms with Gasteiger partial charge in [0.05, 0.1) is 11.5 Å². The highest BCUT2D eigenvalue weighted by Gasteiger charge is 2.62. The topological polar surface area (TPSA) is 158 Å². The highest BCUT2D eigenvalue weighted by atomic mass is 16.6. The summed E-state index contributed by atoms with van der Waals surface area (Å²) in [6.45, 7) is 14.8. The van der Waals surface area contributed by atoms with Gasteiger partial charge < -0.3 is 28.4 Å². The maximum absolute atomic E-state index is 13.5. The number of rotatable bonds is 7. The van der Waals surface area contributed by atoms with Crippen molar-refractivity contribution in [1.82, 2.24) is 0 Å². The normalized spacial score (nSPS) is 32.7. The molecule has 1 aromatic carbocycles. The van der Waals surface area contributed by atoms with Crippen LogP contribution in [0.5, 0.6) is 0 Å². The fourth-order valence-corrected chi connectivity index (χ4v) is 7.02. The lowest BCUT2D eigenvalue weighted by molar-refractivity contribution is -0.196. The molecular formula is C37H48O12. The molecule has 0 radical (unpaired) electrons. The van der Waals surface area contributed by atoms with Crippen molar-refractivity contribution in [2.45, 2.75) is 112 Å². The summed E-state index contributed by atoms with van der Waals surface area (Å²) >= 11 is 0. The molecule has 2 aliphatic rings. The summed E-state index contributed by atoms with van der Waals surface area (Å²) in [6, 6.07) is 8.37. The van der Waals surface area contributed by atoms with Crippen LogP contribution in [-0.4, -0.2) is 71.9 Å². The Kier molecular flexibility index (Phi) is 12.6. The van der Waals surface area contributed by atoms with Gasteiger partial charge in [-0.25, -0.2) is 4.79 Å². The van der Waals surface area contributed by atoms with Gasteiger partial charge in [0.2, 0.25) is 0 Å². The highest BCUT2D eigenvalue weighted by molar-refractivity contribution is 5.89. The van der Waals surface area contributed by atoms with Crippen molar-refractivity contribution in [1.29, 1.82) is 0 Å². The smallest absolute Gasteiger partial charge is 0.338 e. The van der Waals surface area contributed by atoms with Crippen LogP contribution in [0.4, 0.5) is 0 Å². The van der Waals surface area contributed by atoms with Crippen LogP contribution in [0.1, 0.15) is 86.0 Å². The minimum absolute atomic E-state index is 0.120. The molecule has 0 aromatic heterocycles. The molecule has 1 aromatic rings. The van der Waals surface area contributed by atoms with Gasteiger partial charge in [-0.3, -0.25) is 24.0 Å². The first-order valence-electron chi connectivity index (χ1n) is 16.3. The summed E-state index contributed by atoms with van der Waals surface area (Å²) in [4.78, 5) is 76.8. The third-order valence-corrected chi connectivity index (χ3v) is 8.90. The Morgan fingerprint density at radius 1 is 0.694 bits per heavy atom. The van der Waals surface area contributed by atoms with Gasteiger partial charge in [0.1, 0.15) is 12.2 Å². The van der Waals surface area contributed by atoms with E-state index < -0.39 is 95.1 Å².